The van der Waals surface area contributed by atoms with Crippen molar-refractivity contribution in [2.24, 2.45) is 5.84 Å². The van der Waals surface area contributed by atoms with Gasteiger partial charge in [-0.25, -0.2) is 15.8 Å². The van der Waals surface area contributed by atoms with E-state index in [-0.39, 0.29) is 5.41 Å². The Balaban J connectivity index is 2.54. The molecule has 0 saturated carbocycles. The number of hydrazine groups is 1. The van der Waals surface area contributed by atoms with Crippen LogP contribution in [0.4, 0.5) is 5.82 Å². The molecule has 4 N–H and O–H groups in total. The molecule has 7 heteroatoms. The lowest BCUT2D eigenvalue weighted by atomic mass is 9.92. The fourth-order valence-electron chi connectivity index (χ4n) is 1.33. The zero-order chi connectivity index (χ0) is 12.5. The summed E-state index contributed by atoms with van der Waals surface area (Å²) >= 11 is 0. The lowest BCUT2D eigenvalue weighted by Gasteiger charge is -2.18. The molecule has 0 spiro atoms. The van der Waals surface area contributed by atoms with Crippen LogP contribution in [0.2, 0.25) is 0 Å². The second-order valence-electron chi connectivity index (χ2n) is 4.71. The summed E-state index contributed by atoms with van der Waals surface area (Å²) in [5.74, 6) is 6.46. The van der Waals surface area contributed by atoms with Gasteiger partial charge in [0.2, 0.25) is 0 Å². The van der Waals surface area contributed by atoms with E-state index < -0.39 is 0 Å². The first-order valence-electron chi connectivity index (χ1n) is 5.23. The minimum atomic E-state index is -0.0903. The Morgan fingerprint density at radius 3 is 2.59 bits per heavy atom. The fourth-order valence-corrected chi connectivity index (χ4v) is 1.33. The van der Waals surface area contributed by atoms with Gasteiger partial charge in [-0.2, -0.15) is 15.4 Å². The number of H-pyrrole nitrogens is 1. The number of hydrogen-bond donors (Lipinski definition) is 3. The van der Waals surface area contributed by atoms with E-state index in [9.17, 15) is 0 Å². The van der Waals surface area contributed by atoms with Gasteiger partial charge in [-0.15, -0.1) is 0 Å². The first-order valence-corrected chi connectivity index (χ1v) is 5.23. The van der Waals surface area contributed by atoms with Crippen molar-refractivity contribution in [1.29, 1.82) is 0 Å². The molecule has 0 fully saturated rings. The van der Waals surface area contributed by atoms with E-state index in [1.54, 1.807) is 6.20 Å². The third-order valence-corrected chi connectivity index (χ3v) is 2.29. The highest BCUT2D eigenvalue weighted by Gasteiger charge is 2.19. The molecular weight excluding hydrogens is 218 g/mol. The number of nitrogen functional groups attached to an aromatic ring is 1. The third-order valence-electron chi connectivity index (χ3n) is 2.29. The van der Waals surface area contributed by atoms with E-state index in [1.807, 2.05) is 6.07 Å². The van der Waals surface area contributed by atoms with E-state index in [1.165, 1.54) is 0 Å². The van der Waals surface area contributed by atoms with Gasteiger partial charge in [0.1, 0.15) is 11.5 Å². The molecule has 0 aliphatic carbocycles. The molecule has 2 rings (SSSR count). The Labute approximate surface area is 98.8 Å². The van der Waals surface area contributed by atoms with Crippen molar-refractivity contribution in [1.82, 2.24) is 25.4 Å². The topological polar surface area (TPSA) is 105 Å². The van der Waals surface area contributed by atoms with E-state index in [0.29, 0.717) is 17.3 Å². The number of aromatic nitrogens is 5. The zero-order valence-corrected chi connectivity index (χ0v) is 10.0. The Morgan fingerprint density at radius 1 is 1.29 bits per heavy atom. The largest absolute Gasteiger partial charge is 0.308 e. The number of nitrogens with two attached hydrogens (primary N) is 1. The van der Waals surface area contributed by atoms with Gasteiger partial charge in [-0.05, 0) is 0 Å². The van der Waals surface area contributed by atoms with Gasteiger partial charge in [-0.1, -0.05) is 20.8 Å². The van der Waals surface area contributed by atoms with Crippen LogP contribution in [0, 0.1) is 0 Å². The smallest absolute Gasteiger partial charge is 0.184 e. The second kappa shape index (κ2) is 4.10. The Bertz CT molecular complexity index is 498. The molecule has 2 heterocycles. The van der Waals surface area contributed by atoms with E-state index in [0.717, 1.165) is 5.69 Å². The van der Waals surface area contributed by atoms with Crippen molar-refractivity contribution in [2.45, 2.75) is 26.2 Å². The minimum Gasteiger partial charge on any atom is -0.308 e. The van der Waals surface area contributed by atoms with Crippen LogP contribution >= 0.6 is 0 Å². The maximum absolute atomic E-state index is 5.40. The van der Waals surface area contributed by atoms with Crippen molar-refractivity contribution >= 4 is 5.82 Å². The molecule has 0 aliphatic heterocycles. The highest BCUT2D eigenvalue weighted by Crippen LogP contribution is 2.24. The lowest BCUT2D eigenvalue weighted by molar-refractivity contribution is 0.568. The molecule has 7 nitrogen and oxygen atoms in total. The van der Waals surface area contributed by atoms with Crippen molar-refractivity contribution in [2.75, 3.05) is 5.43 Å². The monoisotopic (exact) mass is 233 g/mol. The van der Waals surface area contributed by atoms with E-state index in [2.05, 4.69) is 51.6 Å². The van der Waals surface area contributed by atoms with Crippen molar-refractivity contribution in [3.8, 4) is 11.5 Å². The van der Waals surface area contributed by atoms with Crippen LogP contribution in [-0.4, -0.2) is 25.4 Å². The molecule has 90 valence electrons. The molecule has 0 atom stereocenters. The number of hydrogen-bond acceptors (Lipinski definition) is 6. The van der Waals surface area contributed by atoms with Gasteiger partial charge < -0.3 is 5.43 Å². The Morgan fingerprint density at radius 2 is 2.06 bits per heavy atom. The summed E-state index contributed by atoms with van der Waals surface area (Å²) in [4.78, 5) is 8.70. The van der Waals surface area contributed by atoms with Crippen LogP contribution in [0.1, 0.15) is 26.5 Å². The summed E-state index contributed by atoms with van der Waals surface area (Å²) in [5.41, 5.74) is 3.92. The number of nitrogens with one attached hydrogen (secondary N) is 2. The van der Waals surface area contributed by atoms with Crippen LogP contribution in [0.5, 0.6) is 0 Å². The maximum Gasteiger partial charge on any atom is 0.184 e. The van der Waals surface area contributed by atoms with Crippen molar-refractivity contribution in [3.05, 3.63) is 18.0 Å². The maximum atomic E-state index is 5.40. The molecule has 0 aliphatic rings. The predicted octanol–water partition coefficient (Wildman–Crippen LogP) is 0.845. The predicted molar refractivity (Wildman–Crippen MR) is 63.9 cm³/mol. The van der Waals surface area contributed by atoms with Gasteiger partial charge in [0.25, 0.3) is 0 Å². The number of anilines is 1. The fraction of sp³-hybridized carbons (Fsp3) is 0.400. The second-order valence-corrected chi connectivity index (χ2v) is 4.71. The van der Waals surface area contributed by atoms with Gasteiger partial charge in [0.15, 0.2) is 5.82 Å². The number of nitrogens with zero attached hydrogens (tertiary/aromatic N) is 4. The Kier molecular flexibility index (Phi) is 2.76. The summed E-state index contributed by atoms with van der Waals surface area (Å²) in [6.07, 6.45) is 1.57. The van der Waals surface area contributed by atoms with Gasteiger partial charge in [0.05, 0.1) is 11.9 Å². The first kappa shape index (κ1) is 11.5. The molecule has 0 bridgehead atoms. The lowest BCUT2D eigenvalue weighted by Crippen LogP contribution is -2.17. The number of rotatable bonds is 2. The van der Waals surface area contributed by atoms with Crippen molar-refractivity contribution in [3.63, 3.8) is 0 Å². The summed E-state index contributed by atoms with van der Waals surface area (Å²) in [7, 11) is 0. The van der Waals surface area contributed by atoms with Crippen molar-refractivity contribution < 1.29 is 0 Å². The summed E-state index contributed by atoms with van der Waals surface area (Å²) in [6, 6.07) is 1.82. The summed E-state index contributed by atoms with van der Waals surface area (Å²) in [6.45, 7) is 6.21. The zero-order valence-electron chi connectivity index (χ0n) is 10.0. The van der Waals surface area contributed by atoms with Crippen LogP contribution < -0.4 is 11.3 Å². The molecule has 0 unspecified atom stereocenters. The average molecular weight is 233 g/mol. The molecule has 0 saturated heterocycles. The molecule has 0 aromatic carbocycles. The first-order chi connectivity index (χ1) is 8.00. The molecule has 0 radical (unpaired) electrons. The van der Waals surface area contributed by atoms with Crippen LogP contribution in [0.15, 0.2) is 12.3 Å². The van der Waals surface area contributed by atoms with Gasteiger partial charge in [-0.3, -0.25) is 0 Å². The number of aromatic amines is 1. The molecule has 2 aromatic heterocycles. The van der Waals surface area contributed by atoms with Gasteiger partial charge >= 0.3 is 0 Å². The molecule has 17 heavy (non-hydrogen) atoms. The molecule has 0 amide bonds. The normalized spacial score (nSPS) is 11.5. The standard InChI is InChI=1S/C10H15N7/c1-10(2,3)7-4-8(15-11)14-9(13-7)6-5-12-17-16-6/h4-5H,11H2,1-3H3,(H,12,16,17)(H,13,14,15). The summed E-state index contributed by atoms with van der Waals surface area (Å²) in [5, 5.41) is 10.2. The van der Waals surface area contributed by atoms with Gasteiger partial charge in [0, 0.05) is 11.5 Å². The van der Waals surface area contributed by atoms with E-state index >= 15 is 0 Å². The highest BCUT2D eigenvalue weighted by molar-refractivity contribution is 5.51. The van der Waals surface area contributed by atoms with Crippen LogP contribution in [0.3, 0.4) is 0 Å². The average Bonchev–Trinajstić information content (AvgIpc) is 2.80. The highest BCUT2D eigenvalue weighted by atomic mass is 15.3. The molecular formula is C10H15N7. The van der Waals surface area contributed by atoms with Crippen LogP contribution in [-0.2, 0) is 5.41 Å². The SMILES string of the molecule is CC(C)(C)c1cc(NN)nc(-c2cn[nH]n2)n1. The minimum absolute atomic E-state index is 0.0903. The summed E-state index contributed by atoms with van der Waals surface area (Å²) < 4.78 is 0. The Hall–Kier alpha value is -2.02. The quantitative estimate of drug-likeness (QED) is 0.524. The van der Waals surface area contributed by atoms with E-state index in [4.69, 9.17) is 5.84 Å². The van der Waals surface area contributed by atoms with Crippen LogP contribution in [0.25, 0.3) is 11.5 Å². The molecule has 2 aromatic rings. The third kappa shape index (κ3) is 2.39.